The van der Waals surface area contributed by atoms with Crippen LogP contribution < -0.4 is 0 Å². The van der Waals surface area contributed by atoms with Gasteiger partial charge in [0.25, 0.3) is 10.1 Å². The van der Waals surface area contributed by atoms with Gasteiger partial charge in [0.2, 0.25) is 0 Å². The number of hydrogen-bond acceptors (Lipinski definition) is 2. The first-order chi connectivity index (χ1) is 10.8. The molecule has 132 valence electrons. The van der Waals surface area contributed by atoms with Crippen LogP contribution in [-0.2, 0) is 10.1 Å². The monoisotopic (exact) mass is 342 g/mol. The van der Waals surface area contributed by atoms with Crippen molar-refractivity contribution in [2.45, 2.75) is 51.5 Å². The van der Waals surface area contributed by atoms with Crippen molar-refractivity contribution in [1.82, 2.24) is 0 Å². The van der Waals surface area contributed by atoms with Crippen LogP contribution >= 0.6 is 0 Å². The summed E-state index contributed by atoms with van der Waals surface area (Å²) in [7, 11) is 0.0881. The summed E-state index contributed by atoms with van der Waals surface area (Å²) in [6, 6.07) is 9.38. The number of rotatable bonds is 11. The molecule has 1 aromatic rings. The van der Waals surface area contributed by atoms with Gasteiger partial charge in [-0.2, -0.15) is 8.42 Å². The van der Waals surface area contributed by atoms with Gasteiger partial charge >= 0.3 is 0 Å². The molecule has 1 unspecified atom stereocenters. The highest BCUT2D eigenvalue weighted by atomic mass is 32.2. The molecule has 0 spiro atoms. The molecular formula is C18H32NO3S+. The molecule has 0 fully saturated rings. The number of unbranched alkanes of at least 4 members (excludes halogenated alkanes) is 5. The molecule has 0 radical (unpaired) electrons. The molecule has 1 aromatic carbocycles. The van der Waals surface area contributed by atoms with Gasteiger partial charge in [0.05, 0.1) is 20.6 Å². The summed E-state index contributed by atoms with van der Waals surface area (Å²) in [5, 5.41) is 0. The fourth-order valence-electron chi connectivity index (χ4n) is 3.03. The van der Waals surface area contributed by atoms with Gasteiger partial charge in [0.15, 0.2) is 0 Å². The van der Waals surface area contributed by atoms with Crippen molar-refractivity contribution in [1.29, 1.82) is 0 Å². The fraction of sp³-hybridized carbons (Fsp3) is 0.667. The van der Waals surface area contributed by atoms with Crippen molar-refractivity contribution >= 4 is 10.1 Å². The Morgan fingerprint density at radius 2 is 1.57 bits per heavy atom. The summed E-state index contributed by atoms with van der Waals surface area (Å²) in [6.07, 6.45) is 7.29. The van der Waals surface area contributed by atoms with E-state index in [0.29, 0.717) is 4.48 Å². The maximum atomic E-state index is 11.5. The quantitative estimate of drug-likeness (QED) is 0.375. The Hall–Kier alpha value is -0.910. The normalized spacial score (nSPS) is 13.9. The Kier molecular flexibility index (Phi) is 8.23. The molecule has 1 atom stereocenters. The smallest absolute Gasteiger partial charge is 0.271 e. The van der Waals surface area contributed by atoms with Crippen LogP contribution in [0.1, 0.15) is 57.1 Å². The van der Waals surface area contributed by atoms with Crippen molar-refractivity contribution in [3.8, 4) is 0 Å². The van der Waals surface area contributed by atoms with Crippen molar-refractivity contribution in [3.05, 3.63) is 35.9 Å². The molecule has 0 saturated carbocycles. The van der Waals surface area contributed by atoms with Crippen molar-refractivity contribution in [2.75, 3.05) is 26.4 Å². The van der Waals surface area contributed by atoms with Gasteiger partial charge < -0.3 is 4.48 Å². The highest BCUT2D eigenvalue weighted by molar-refractivity contribution is 7.85. The zero-order valence-electron chi connectivity index (χ0n) is 14.7. The number of nitrogens with zero attached hydrogens (tertiary/aromatic N) is 1. The molecule has 0 heterocycles. The predicted octanol–water partition coefficient (Wildman–Crippen LogP) is 4.05. The van der Waals surface area contributed by atoms with Crippen LogP contribution in [0.4, 0.5) is 0 Å². The Morgan fingerprint density at radius 1 is 1.00 bits per heavy atom. The lowest BCUT2D eigenvalue weighted by Gasteiger charge is -2.38. The first kappa shape index (κ1) is 20.1. The third-order valence-corrected chi connectivity index (χ3v) is 5.22. The number of hydrogen-bond donors (Lipinski definition) is 1. The van der Waals surface area contributed by atoms with Gasteiger partial charge in [-0.1, -0.05) is 62.9 Å². The summed E-state index contributed by atoms with van der Waals surface area (Å²) in [6.45, 7) is 3.11. The molecule has 0 saturated heterocycles. The van der Waals surface area contributed by atoms with E-state index in [1.54, 1.807) is 0 Å². The van der Waals surface area contributed by atoms with E-state index in [4.69, 9.17) is 0 Å². The Balaban J connectivity index is 2.71. The summed E-state index contributed by atoms with van der Waals surface area (Å²) < 4.78 is 32.8. The van der Waals surface area contributed by atoms with Gasteiger partial charge in [0.1, 0.15) is 11.8 Å². The standard InChI is InChI=1S/C18H31NO3S/c1-4-5-6-7-8-12-15-19(2,3)18(16-23(20,21)22)17-13-10-9-11-14-17/h9-11,13-14,18H,4-8,12,15-16H2,1-3H3/p+1. The van der Waals surface area contributed by atoms with Crippen LogP contribution in [-0.4, -0.2) is 43.8 Å². The zero-order chi connectivity index (χ0) is 17.3. The molecular weight excluding hydrogens is 310 g/mol. The topological polar surface area (TPSA) is 54.4 Å². The number of benzene rings is 1. The van der Waals surface area contributed by atoms with Crippen LogP contribution in [0.15, 0.2) is 30.3 Å². The third kappa shape index (κ3) is 7.95. The Morgan fingerprint density at radius 3 is 2.13 bits per heavy atom. The Labute approximate surface area is 141 Å². The van der Waals surface area contributed by atoms with Crippen molar-refractivity contribution < 1.29 is 17.5 Å². The predicted molar refractivity (Wildman–Crippen MR) is 96.0 cm³/mol. The van der Waals surface area contributed by atoms with Gasteiger partial charge in [-0.05, 0) is 12.8 Å². The summed E-state index contributed by atoms with van der Waals surface area (Å²) in [5.41, 5.74) is 0.959. The van der Waals surface area contributed by atoms with Crippen molar-refractivity contribution in [2.24, 2.45) is 0 Å². The van der Waals surface area contributed by atoms with Crippen molar-refractivity contribution in [3.63, 3.8) is 0 Å². The van der Waals surface area contributed by atoms with Gasteiger partial charge in [0, 0.05) is 5.56 Å². The summed E-state index contributed by atoms with van der Waals surface area (Å²) in [4.78, 5) is 0. The van der Waals surface area contributed by atoms with Crippen LogP contribution in [0.3, 0.4) is 0 Å². The molecule has 0 aliphatic heterocycles. The Bertz CT molecular complexity index is 541. The molecule has 0 aliphatic carbocycles. The van der Waals surface area contributed by atoms with E-state index in [2.05, 4.69) is 21.0 Å². The second-order valence-corrected chi connectivity index (χ2v) is 8.44. The highest BCUT2D eigenvalue weighted by Gasteiger charge is 2.33. The average molecular weight is 343 g/mol. The molecule has 23 heavy (non-hydrogen) atoms. The minimum absolute atomic E-state index is 0.236. The van der Waals surface area contributed by atoms with Crippen LogP contribution in [0, 0.1) is 0 Å². The lowest BCUT2D eigenvalue weighted by Crippen LogP contribution is -2.46. The van der Waals surface area contributed by atoms with E-state index in [-0.39, 0.29) is 11.8 Å². The van der Waals surface area contributed by atoms with Gasteiger partial charge in [-0.15, -0.1) is 0 Å². The van der Waals surface area contributed by atoms with E-state index < -0.39 is 10.1 Å². The second-order valence-electron chi connectivity index (χ2n) is 6.95. The summed E-state index contributed by atoms with van der Waals surface area (Å²) >= 11 is 0. The van der Waals surface area contributed by atoms with Gasteiger partial charge in [-0.3, -0.25) is 4.55 Å². The first-order valence-corrected chi connectivity index (χ1v) is 10.2. The van der Waals surface area contributed by atoms with Crippen LogP contribution in [0.2, 0.25) is 0 Å². The van der Waals surface area contributed by atoms with E-state index >= 15 is 0 Å². The number of quaternary nitrogens is 1. The highest BCUT2D eigenvalue weighted by Crippen LogP contribution is 2.27. The lowest BCUT2D eigenvalue weighted by molar-refractivity contribution is -0.918. The fourth-order valence-corrected chi connectivity index (χ4v) is 4.03. The molecule has 0 aliphatic rings. The minimum atomic E-state index is -4.01. The molecule has 5 heteroatoms. The SMILES string of the molecule is CCCCCCCC[N+](C)(C)C(CS(=O)(=O)O)c1ccccc1. The molecule has 4 nitrogen and oxygen atoms in total. The van der Waals surface area contributed by atoms with Crippen LogP contribution in [0.25, 0.3) is 0 Å². The van der Waals surface area contributed by atoms with E-state index in [1.807, 2.05) is 30.3 Å². The second kappa shape index (κ2) is 9.40. The maximum Gasteiger partial charge on any atom is 0.271 e. The summed E-state index contributed by atoms with van der Waals surface area (Å²) in [5.74, 6) is -0.236. The van der Waals surface area contributed by atoms with E-state index in [1.165, 1.54) is 32.1 Å². The van der Waals surface area contributed by atoms with E-state index in [9.17, 15) is 13.0 Å². The zero-order valence-corrected chi connectivity index (χ0v) is 15.6. The van der Waals surface area contributed by atoms with Gasteiger partial charge in [-0.25, -0.2) is 0 Å². The largest absolute Gasteiger partial charge is 0.321 e. The molecule has 1 N–H and O–H groups in total. The van der Waals surface area contributed by atoms with Crippen LogP contribution in [0.5, 0.6) is 0 Å². The molecule has 0 amide bonds. The average Bonchev–Trinajstić information content (AvgIpc) is 2.48. The maximum absolute atomic E-state index is 11.5. The first-order valence-electron chi connectivity index (χ1n) is 8.59. The van der Waals surface area contributed by atoms with E-state index in [0.717, 1.165) is 18.5 Å². The lowest BCUT2D eigenvalue weighted by atomic mass is 10.0. The molecule has 1 rings (SSSR count). The minimum Gasteiger partial charge on any atom is -0.321 e. The third-order valence-electron chi connectivity index (χ3n) is 4.48. The molecule has 0 bridgehead atoms. The molecule has 0 aromatic heterocycles.